The second-order valence-electron chi connectivity index (χ2n) is 6.58. The molecule has 0 bridgehead atoms. The lowest BCUT2D eigenvalue weighted by Crippen LogP contribution is -2.44. The smallest absolute Gasteiger partial charge is 0.230 e. The molecule has 0 saturated carbocycles. The Kier molecular flexibility index (Phi) is 4.88. The van der Waals surface area contributed by atoms with Crippen molar-refractivity contribution in [3.63, 3.8) is 0 Å². The predicted octanol–water partition coefficient (Wildman–Crippen LogP) is 2.76. The van der Waals surface area contributed by atoms with Gasteiger partial charge in [0.1, 0.15) is 0 Å². The summed E-state index contributed by atoms with van der Waals surface area (Å²) in [5.74, 6) is -0.274. The van der Waals surface area contributed by atoms with Gasteiger partial charge in [0.05, 0.1) is 23.8 Å². The van der Waals surface area contributed by atoms with Gasteiger partial charge in [0.15, 0.2) is 0 Å². The van der Waals surface area contributed by atoms with E-state index in [1.165, 1.54) is 0 Å². The number of aromatic nitrogens is 2. The molecule has 1 N–H and O–H groups in total. The Balaban J connectivity index is 1.84. The summed E-state index contributed by atoms with van der Waals surface area (Å²) in [6.45, 7) is 4.77. The van der Waals surface area contributed by atoms with Crippen molar-refractivity contribution in [3.8, 4) is 0 Å². The summed E-state index contributed by atoms with van der Waals surface area (Å²) < 4.78 is 1.77. The quantitative estimate of drug-likeness (QED) is 0.930. The number of anilines is 1. The number of benzene rings is 1. The van der Waals surface area contributed by atoms with E-state index in [9.17, 15) is 9.59 Å². The van der Waals surface area contributed by atoms with E-state index in [4.69, 9.17) is 0 Å². The van der Waals surface area contributed by atoms with Crippen LogP contribution in [-0.2, 0) is 16.1 Å². The Bertz CT molecular complexity index is 766. The Morgan fingerprint density at radius 2 is 2.04 bits per heavy atom. The molecule has 2 heterocycles. The van der Waals surface area contributed by atoms with E-state index in [1.54, 1.807) is 22.8 Å². The molecular weight excluding hydrogens is 316 g/mol. The van der Waals surface area contributed by atoms with Crippen LogP contribution in [-0.4, -0.2) is 33.5 Å². The molecule has 25 heavy (non-hydrogen) atoms. The number of likely N-dealkylation sites (tertiary alicyclic amines) is 1. The molecule has 132 valence electrons. The lowest BCUT2D eigenvalue weighted by Gasteiger charge is -2.38. The SMILES string of the molecule is CCn1cc(NC(=O)[C@@H]2CCC(=O)N(C)[C@H]2c2ccc(C)cc2)cn1. The molecule has 2 aromatic rings. The lowest BCUT2D eigenvalue weighted by molar-refractivity contribution is -0.140. The van der Waals surface area contributed by atoms with Crippen molar-refractivity contribution in [1.29, 1.82) is 0 Å². The first-order valence-corrected chi connectivity index (χ1v) is 8.65. The Hall–Kier alpha value is -2.63. The average Bonchev–Trinajstić information content (AvgIpc) is 3.05. The van der Waals surface area contributed by atoms with Gasteiger partial charge in [0, 0.05) is 26.2 Å². The van der Waals surface area contributed by atoms with Crippen molar-refractivity contribution in [1.82, 2.24) is 14.7 Å². The zero-order valence-electron chi connectivity index (χ0n) is 14.9. The van der Waals surface area contributed by atoms with Gasteiger partial charge in [-0.05, 0) is 25.8 Å². The first-order valence-electron chi connectivity index (χ1n) is 8.65. The minimum Gasteiger partial charge on any atom is -0.338 e. The molecule has 1 aliphatic rings. The molecule has 1 aliphatic heterocycles. The van der Waals surface area contributed by atoms with E-state index >= 15 is 0 Å². The van der Waals surface area contributed by atoms with Crippen LogP contribution in [0.3, 0.4) is 0 Å². The highest BCUT2D eigenvalue weighted by molar-refractivity contribution is 5.94. The molecule has 1 saturated heterocycles. The fourth-order valence-corrected chi connectivity index (χ4v) is 3.37. The number of piperidine rings is 1. The van der Waals surface area contributed by atoms with Gasteiger partial charge in [0.2, 0.25) is 11.8 Å². The standard InChI is InChI=1S/C19H24N4O2/c1-4-23-12-15(11-20-23)21-19(25)16-9-10-17(24)22(3)18(16)14-7-5-13(2)6-8-14/h5-8,11-12,16,18H,4,9-10H2,1-3H3,(H,21,25)/t16-,18+/m1/s1. The van der Waals surface area contributed by atoms with Gasteiger partial charge in [-0.25, -0.2) is 0 Å². The third-order valence-electron chi connectivity index (χ3n) is 4.84. The summed E-state index contributed by atoms with van der Waals surface area (Å²) in [5.41, 5.74) is 2.83. The second-order valence-corrected chi connectivity index (χ2v) is 6.58. The number of nitrogens with one attached hydrogen (secondary N) is 1. The van der Waals surface area contributed by atoms with E-state index in [0.29, 0.717) is 18.5 Å². The fraction of sp³-hybridized carbons (Fsp3) is 0.421. The van der Waals surface area contributed by atoms with Crippen LogP contribution in [0, 0.1) is 12.8 Å². The van der Waals surface area contributed by atoms with Crippen molar-refractivity contribution in [2.24, 2.45) is 5.92 Å². The summed E-state index contributed by atoms with van der Waals surface area (Å²) in [6.07, 6.45) is 4.41. The van der Waals surface area contributed by atoms with Crippen LogP contribution in [0.2, 0.25) is 0 Å². The summed E-state index contributed by atoms with van der Waals surface area (Å²) >= 11 is 0. The van der Waals surface area contributed by atoms with Gasteiger partial charge < -0.3 is 10.2 Å². The van der Waals surface area contributed by atoms with Gasteiger partial charge in [-0.2, -0.15) is 5.10 Å². The van der Waals surface area contributed by atoms with Gasteiger partial charge in [-0.3, -0.25) is 14.3 Å². The van der Waals surface area contributed by atoms with Crippen LogP contribution in [0.4, 0.5) is 5.69 Å². The summed E-state index contributed by atoms with van der Waals surface area (Å²) in [4.78, 5) is 26.8. The number of carbonyl (C=O) groups is 2. The van der Waals surface area contributed by atoms with E-state index in [2.05, 4.69) is 10.4 Å². The molecule has 0 aliphatic carbocycles. The minimum atomic E-state index is -0.282. The zero-order valence-corrected chi connectivity index (χ0v) is 14.9. The van der Waals surface area contributed by atoms with E-state index in [1.807, 2.05) is 44.3 Å². The largest absolute Gasteiger partial charge is 0.338 e. The predicted molar refractivity (Wildman–Crippen MR) is 95.9 cm³/mol. The number of amides is 2. The van der Waals surface area contributed by atoms with Gasteiger partial charge >= 0.3 is 0 Å². The molecule has 1 fully saturated rings. The molecule has 0 unspecified atom stereocenters. The second kappa shape index (κ2) is 7.09. The zero-order chi connectivity index (χ0) is 18.0. The molecule has 3 rings (SSSR count). The number of rotatable bonds is 4. The normalized spacial score (nSPS) is 20.6. The highest BCUT2D eigenvalue weighted by Gasteiger charge is 2.38. The highest BCUT2D eigenvalue weighted by atomic mass is 16.2. The molecule has 2 atom stereocenters. The Morgan fingerprint density at radius 1 is 1.32 bits per heavy atom. The van der Waals surface area contributed by atoms with Crippen LogP contribution in [0.5, 0.6) is 0 Å². The highest BCUT2D eigenvalue weighted by Crippen LogP contribution is 2.36. The minimum absolute atomic E-state index is 0.0689. The monoisotopic (exact) mass is 340 g/mol. The average molecular weight is 340 g/mol. The molecule has 0 radical (unpaired) electrons. The third-order valence-corrected chi connectivity index (χ3v) is 4.84. The number of hydrogen-bond donors (Lipinski definition) is 1. The molecule has 2 amide bonds. The number of carbonyl (C=O) groups excluding carboxylic acids is 2. The van der Waals surface area contributed by atoms with Crippen molar-refractivity contribution in [2.45, 2.75) is 39.3 Å². The molecule has 6 heteroatoms. The summed E-state index contributed by atoms with van der Waals surface area (Å²) in [6, 6.07) is 7.79. The van der Waals surface area contributed by atoms with E-state index in [-0.39, 0.29) is 23.8 Å². The van der Waals surface area contributed by atoms with E-state index in [0.717, 1.165) is 17.7 Å². The molecule has 6 nitrogen and oxygen atoms in total. The number of hydrogen-bond acceptors (Lipinski definition) is 3. The van der Waals surface area contributed by atoms with Gasteiger partial charge in [-0.15, -0.1) is 0 Å². The maximum Gasteiger partial charge on any atom is 0.230 e. The van der Waals surface area contributed by atoms with Gasteiger partial charge in [0.25, 0.3) is 0 Å². The number of nitrogens with zero attached hydrogens (tertiary/aromatic N) is 3. The van der Waals surface area contributed by atoms with Crippen molar-refractivity contribution >= 4 is 17.5 Å². The van der Waals surface area contributed by atoms with E-state index < -0.39 is 0 Å². The van der Waals surface area contributed by atoms with Crippen LogP contribution in [0.1, 0.15) is 36.9 Å². The summed E-state index contributed by atoms with van der Waals surface area (Å²) in [7, 11) is 1.78. The van der Waals surface area contributed by atoms with Crippen LogP contribution >= 0.6 is 0 Å². The number of aryl methyl sites for hydroxylation is 2. The lowest BCUT2D eigenvalue weighted by atomic mass is 9.83. The maximum atomic E-state index is 12.9. The molecule has 1 aromatic heterocycles. The first-order chi connectivity index (χ1) is 12.0. The summed E-state index contributed by atoms with van der Waals surface area (Å²) in [5, 5.41) is 7.14. The third kappa shape index (κ3) is 3.57. The molecular formula is C19H24N4O2. The van der Waals surface area contributed by atoms with Crippen molar-refractivity contribution < 1.29 is 9.59 Å². The Morgan fingerprint density at radius 3 is 2.68 bits per heavy atom. The van der Waals surface area contributed by atoms with Gasteiger partial charge in [-0.1, -0.05) is 29.8 Å². The molecule has 1 aromatic carbocycles. The Labute approximate surface area is 147 Å². The topological polar surface area (TPSA) is 67.2 Å². The van der Waals surface area contributed by atoms with Crippen molar-refractivity contribution in [3.05, 3.63) is 47.8 Å². The van der Waals surface area contributed by atoms with Crippen LogP contribution in [0.25, 0.3) is 0 Å². The van der Waals surface area contributed by atoms with Crippen LogP contribution < -0.4 is 5.32 Å². The first kappa shape index (κ1) is 17.2. The van der Waals surface area contributed by atoms with Crippen molar-refractivity contribution in [2.75, 3.05) is 12.4 Å². The van der Waals surface area contributed by atoms with Crippen LogP contribution in [0.15, 0.2) is 36.7 Å². The molecule has 0 spiro atoms. The fourth-order valence-electron chi connectivity index (χ4n) is 3.37. The maximum absolute atomic E-state index is 12.9.